The van der Waals surface area contributed by atoms with Crippen molar-refractivity contribution in [1.29, 1.82) is 0 Å². The quantitative estimate of drug-likeness (QED) is 0.313. The normalized spacial score (nSPS) is 29.2. The first-order valence-electron chi connectivity index (χ1n) is 18.1. The number of methoxy groups -OCH3 is 1. The van der Waals surface area contributed by atoms with Gasteiger partial charge in [-0.25, -0.2) is 4.21 Å². The lowest BCUT2D eigenvalue weighted by atomic mass is 9.70. The first kappa shape index (κ1) is 40.1. The summed E-state index contributed by atoms with van der Waals surface area (Å²) in [6, 6.07) is 11.8. The molecule has 2 fully saturated rings. The molecule has 2 aromatic carbocycles. The van der Waals surface area contributed by atoms with Crippen molar-refractivity contribution in [1.82, 2.24) is 4.72 Å². The van der Waals surface area contributed by atoms with E-state index in [0.29, 0.717) is 29.8 Å². The Labute approximate surface area is 311 Å². The third-order valence-corrected chi connectivity index (χ3v) is 14.0. The number of allylic oxidation sites excluding steroid dienone is 1. The van der Waals surface area contributed by atoms with E-state index in [2.05, 4.69) is 78.2 Å². The zero-order valence-corrected chi connectivity index (χ0v) is 33.5. The van der Waals surface area contributed by atoms with Crippen LogP contribution in [0.5, 0.6) is 5.75 Å². The van der Waals surface area contributed by atoms with E-state index in [-0.39, 0.29) is 29.8 Å². The fraction of sp³-hybridized carbons (Fsp3) is 0.615. The molecule has 2 aromatic rings. The Balaban J connectivity index is 0.000000602. The number of hydrogen-bond acceptors (Lipinski definition) is 7. The van der Waals surface area contributed by atoms with Crippen molar-refractivity contribution < 1.29 is 18.5 Å². The number of rotatable bonds is 4. The zero-order valence-electron chi connectivity index (χ0n) is 30.3. The van der Waals surface area contributed by atoms with Gasteiger partial charge in [-0.3, -0.25) is 9.52 Å². The van der Waals surface area contributed by atoms with Gasteiger partial charge in [0.1, 0.15) is 16.7 Å². The summed E-state index contributed by atoms with van der Waals surface area (Å²) < 4.78 is 28.1. The molecule has 6 rings (SSSR count). The number of amides is 1. The summed E-state index contributed by atoms with van der Waals surface area (Å²) in [5.41, 5.74) is 3.96. The van der Waals surface area contributed by atoms with Gasteiger partial charge in [-0.15, -0.1) is 0 Å². The number of ether oxygens (including phenoxy) is 2. The molecular formula is C39H57ClN2O4S3. The highest BCUT2D eigenvalue weighted by Crippen LogP contribution is 2.43. The number of aryl methyl sites for hydroxylation is 1. The Morgan fingerprint density at radius 1 is 1.06 bits per heavy atom. The van der Waals surface area contributed by atoms with Crippen LogP contribution < -0.4 is 14.4 Å². The summed E-state index contributed by atoms with van der Waals surface area (Å²) in [4.78, 5) is 15.6. The largest absolute Gasteiger partial charge is 0.491 e. The molecule has 10 heteroatoms. The number of carbonyl (C=O) groups excluding carboxylic acids is 1. The summed E-state index contributed by atoms with van der Waals surface area (Å²) in [6.45, 7) is 12.6. The van der Waals surface area contributed by atoms with E-state index >= 15 is 0 Å². The number of benzene rings is 2. The standard InChI is InChI=1S/C33H43ClN2O4S.C4H8S2.C2H6/c1-5-6-23-15-27(34)10-12-28(23)26-18-36-17-25-8-11-29(25)31(39-4)13-7-21(2)22(3)20-41(38)35-33(37)24-9-14-32(40-19-26)30(36)16-24;1-2-5-4-6-3-1;1-2/h7,9-10,12-16,21-22,25-26,29,31H,5-6,8,11,17-20H2,1-4H3,(H,35,37);1-4H2;1-2H3/b13-7+;;/t21-,22?,25?,26?,29?,31?,41?;;/m0../s1. The molecule has 6 nitrogen and oxygen atoms in total. The predicted octanol–water partition coefficient (Wildman–Crippen LogP) is 9.39. The van der Waals surface area contributed by atoms with Crippen LogP contribution in [0.2, 0.25) is 5.02 Å². The summed E-state index contributed by atoms with van der Waals surface area (Å²) in [7, 11) is 0.322. The Morgan fingerprint density at radius 3 is 2.47 bits per heavy atom. The summed E-state index contributed by atoms with van der Waals surface area (Å²) >= 11 is 10.5. The molecule has 2 bridgehead atoms. The molecule has 0 radical (unpaired) electrons. The van der Waals surface area contributed by atoms with E-state index in [1.807, 2.05) is 32.0 Å². The van der Waals surface area contributed by atoms with Crippen LogP contribution in [-0.2, 0) is 22.1 Å². The maximum absolute atomic E-state index is 13.2. The molecule has 0 spiro atoms. The Bertz CT molecular complexity index is 1390. The molecule has 1 amide bonds. The van der Waals surface area contributed by atoms with Crippen LogP contribution in [0.1, 0.15) is 87.7 Å². The average Bonchev–Trinajstić information content (AvgIpc) is 3.28. The second-order valence-electron chi connectivity index (χ2n) is 13.3. The van der Waals surface area contributed by atoms with E-state index in [0.717, 1.165) is 55.2 Å². The zero-order chi connectivity index (χ0) is 35.3. The van der Waals surface area contributed by atoms with Crippen molar-refractivity contribution >= 4 is 57.7 Å². The van der Waals surface area contributed by atoms with E-state index in [1.165, 1.54) is 34.1 Å². The highest BCUT2D eigenvalue weighted by Gasteiger charge is 2.39. The minimum Gasteiger partial charge on any atom is -0.491 e. The first-order valence-corrected chi connectivity index (χ1v) is 22.1. The number of hydrogen-bond donors (Lipinski definition) is 1. The lowest BCUT2D eigenvalue weighted by Crippen LogP contribution is -2.44. The third-order valence-electron chi connectivity index (χ3n) is 10.00. The number of anilines is 1. The van der Waals surface area contributed by atoms with Crippen LogP contribution in [0.4, 0.5) is 5.69 Å². The number of thioether (sulfide) groups is 2. The van der Waals surface area contributed by atoms with Crippen molar-refractivity contribution in [3.05, 3.63) is 70.3 Å². The lowest BCUT2D eigenvalue weighted by Gasteiger charge is -2.43. The number of halogens is 1. The molecule has 4 aliphatic rings. The van der Waals surface area contributed by atoms with Gasteiger partial charge in [0, 0.05) is 47.5 Å². The van der Waals surface area contributed by atoms with Crippen molar-refractivity contribution in [2.45, 2.75) is 78.7 Å². The van der Waals surface area contributed by atoms with Gasteiger partial charge in [-0.1, -0.05) is 70.9 Å². The van der Waals surface area contributed by atoms with Crippen LogP contribution in [0.3, 0.4) is 0 Å². The number of nitrogens with one attached hydrogen (secondary N) is 1. The molecule has 272 valence electrons. The van der Waals surface area contributed by atoms with Crippen LogP contribution in [0, 0.1) is 23.7 Å². The first-order chi connectivity index (χ1) is 23.8. The molecule has 6 unspecified atom stereocenters. The van der Waals surface area contributed by atoms with Crippen molar-refractivity contribution in [3.8, 4) is 5.75 Å². The third kappa shape index (κ3) is 11.2. The van der Waals surface area contributed by atoms with Gasteiger partial charge in [-0.2, -0.15) is 23.5 Å². The minimum absolute atomic E-state index is 0.0405. The molecule has 49 heavy (non-hydrogen) atoms. The Morgan fingerprint density at radius 2 is 1.84 bits per heavy atom. The van der Waals surface area contributed by atoms with Gasteiger partial charge < -0.3 is 14.4 Å². The van der Waals surface area contributed by atoms with Gasteiger partial charge in [0.2, 0.25) is 0 Å². The Hall–Kier alpha value is -1.65. The maximum atomic E-state index is 13.2. The summed E-state index contributed by atoms with van der Waals surface area (Å²) in [5, 5.41) is 2.09. The summed E-state index contributed by atoms with van der Waals surface area (Å²) in [5.74, 6) is 5.03. The van der Waals surface area contributed by atoms with Crippen molar-refractivity contribution in [2.75, 3.05) is 54.0 Å². The molecule has 7 atom stereocenters. The van der Waals surface area contributed by atoms with E-state index < -0.39 is 11.0 Å². The van der Waals surface area contributed by atoms with Crippen LogP contribution in [-0.4, -0.2) is 65.4 Å². The van der Waals surface area contributed by atoms with E-state index in [9.17, 15) is 9.00 Å². The molecule has 0 aromatic heterocycles. The van der Waals surface area contributed by atoms with Gasteiger partial charge in [0.15, 0.2) is 0 Å². The van der Waals surface area contributed by atoms with Crippen LogP contribution in [0.25, 0.3) is 0 Å². The van der Waals surface area contributed by atoms with Crippen LogP contribution >= 0.6 is 35.1 Å². The van der Waals surface area contributed by atoms with E-state index in [1.54, 1.807) is 13.2 Å². The van der Waals surface area contributed by atoms with Gasteiger partial charge in [0.05, 0.1) is 18.4 Å². The smallest absolute Gasteiger partial charge is 0.263 e. The fourth-order valence-electron chi connectivity index (χ4n) is 6.90. The minimum atomic E-state index is -1.48. The summed E-state index contributed by atoms with van der Waals surface area (Å²) in [6.07, 6.45) is 10.1. The highest BCUT2D eigenvalue weighted by atomic mass is 35.5. The Kier molecular flexibility index (Phi) is 16.7. The average molecular weight is 750 g/mol. The fourth-order valence-corrected chi connectivity index (χ4v) is 10.6. The predicted molar refractivity (Wildman–Crippen MR) is 213 cm³/mol. The number of carbonyl (C=O) groups is 1. The second-order valence-corrected chi connectivity index (χ2v) is 17.6. The molecule has 3 aliphatic heterocycles. The molecular weight excluding hydrogens is 692 g/mol. The van der Waals surface area contributed by atoms with E-state index in [4.69, 9.17) is 21.1 Å². The van der Waals surface area contributed by atoms with Crippen molar-refractivity contribution in [3.63, 3.8) is 0 Å². The molecule has 1 N–H and O–H groups in total. The molecule has 1 saturated heterocycles. The number of fused-ring (bicyclic) bond motifs is 2. The molecule has 1 aliphatic carbocycles. The monoisotopic (exact) mass is 748 g/mol. The maximum Gasteiger partial charge on any atom is 0.263 e. The topological polar surface area (TPSA) is 67.9 Å². The van der Waals surface area contributed by atoms with Gasteiger partial charge in [-0.05, 0) is 102 Å². The molecule has 1 saturated carbocycles. The van der Waals surface area contributed by atoms with Gasteiger partial charge >= 0.3 is 0 Å². The highest BCUT2D eigenvalue weighted by molar-refractivity contribution is 8.16. The number of nitrogens with zero attached hydrogens (tertiary/aromatic N) is 1. The SMILES string of the molecule is C1CSCSC1.CC.CCCc1cc(Cl)ccc1C1COc2ccc3cc2N(C1)CC1CCC1C(OC)/C=C/[C@H](C)C(C)CS(=O)NC3=O. The van der Waals surface area contributed by atoms with Crippen molar-refractivity contribution in [2.24, 2.45) is 23.7 Å². The van der Waals surface area contributed by atoms with Crippen LogP contribution in [0.15, 0.2) is 48.6 Å². The second kappa shape index (κ2) is 20.4. The lowest BCUT2D eigenvalue weighted by molar-refractivity contribution is 0.0133. The van der Waals surface area contributed by atoms with Gasteiger partial charge in [0.25, 0.3) is 5.91 Å². The molecule has 3 heterocycles.